The molecule has 0 amide bonds. The van der Waals surface area contributed by atoms with Gasteiger partial charge in [-0.3, -0.25) is 6.08 Å². The first-order chi connectivity index (χ1) is 14.3. The molecule has 4 heteroatoms. The summed E-state index contributed by atoms with van der Waals surface area (Å²) >= 11 is 0. The van der Waals surface area contributed by atoms with Crippen LogP contribution in [0.2, 0.25) is 18.1 Å². The van der Waals surface area contributed by atoms with Crippen molar-refractivity contribution in [2.45, 2.75) is 66.1 Å². The number of fused-ring (bicyclic) bond motifs is 1. The topological polar surface area (TPSA) is 0 Å². The van der Waals surface area contributed by atoms with Gasteiger partial charge in [-0.05, 0) is 12.0 Å². The van der Waals surface area contributed by atoms with E-state index in [9.17, 15) is 0 Å². The van der Waals surface area contributed by atoms with Crippen LogP contribution in [-0.2, 0) is 32.6 Å². The summed E-state index contributed by atoms with van der Waals surface area (Å²) in [6.45, 7) is 17.6. The summed E-state index contributed by atoms with van der Waals surface area (Å²) in [4.78, 5) is 0. The summed E-state index contributed by atoms with van der Waals surface area (Å²) in [5.41, 5.74) is 6.86. The Hall–Kier alpha value is -0.790. The Kier molecular flexibility index (Phi) is 16.7. The van der Waals surface area contributed by atoms with Crippen LogP contribution in [-0.4, -0.2) is 8.80 Å². The third-order valence-corrected chi connectivity index (χ3v) is 8.49. The van der Waals surface area contributed by atoms with Crippen molar-refractivity contribution in [2.24, 2.45) is 0 Å². The number of hydrogen-bond acceptors (Lipinski definition) is 0. The second-order valence-corrected chi connectivity index (χ2v) is 11.2. The van der Waals surface area contributed by atoms with Crippen LogP contribution in [0, 0.1) is 6.08 Å². The number of aryl methyl sites for hydroxylation is 1. The number of rotatable bonds is 3. The Labute approximate surface area is 235 Å². The molecule has 1 unspecified atom stereocenters. The van der Waals surface area contributed by atoms with Gasteiger partial charge < -0.3 is 24.8 Å². The fraction of sp³-hybridized carbons (Fsp3) is 0.345. The molecule has 0 N–H and O–H groups in total. The zero-order valence-electron chi connectivity index (χ0n) is 21.3. The fourth-order valence-corrected chi connectivity index (χ4v) is 5.20. The van der Waals surface area contributed by atoms with E-state index in [2.05, 4.69) is 114 Å². The number of benzene rings is 2. The molecular formula is C29H37Cl2SiZr. The molecule has 0 fully saturated rings. The Morgan fingerprint density at radius 1 is 0.939 bits per heavy atom. The van der Waals surface area contributed by atoms with Crippen LogP contribution >= 0.6 is 0 Å². The predicted molar refractivity (Wildman–Crippen MR) is 138 cm³/mol. The molecule has 1 aliphatic carbocycles. The predicted octanol–water partition coefficient (Wildman–Crippen LogP) is 3.03. The molecule has 175 valence electrons. The molecule has 0 saturated carbocycles. The molecule has 3 aromatic carbocycles. The number of allylic oxidation sites excluding steroid dienone is 4. The van der Waals surface area contributed by atoms with Crippen molar-refractivity contribution in [2.75, 3.05) is 0 Å². The van der Waals surface area contributed by atoms with E-state index in [0.717, 1.165) is 6.42 Å². The quantitative estimate of drug-likeness (QED) is 0.333. The van der Waals surface area contributed by atoms with Gasteiger partial charge in [-0.2, -0.15) is 11.6 Å². The molecular weight excluding hydrogens is 539 g/mol. The first kappa shape index (κ1) is 34.4. The Morgan fingerprint density at radius 3 is 2.00 bits per heavy atom. The summed E-state index contributed by atoms with van der Waals surface area (Å²) in [7, 11) is -0.292. The van der Waals surface area contributed by atoms with E-state index >= 15 is 0 Å². The van der Waals surface area contributed by atoms with Gasteiger partial charge in [-0.25, -0.2) is 11.6 Å². The first-order valence-electron chi connectivity index (χ1n) is 11.2. The minimum atomic E-state index is -0.292. The van der Waals surface area contributed by atoms with Gasteiger partial charge in [0.15, 0.2) is 0 Å². The molecule has 0 saturated heterocycles. The Bertz CT molecular complexity index is 1020. The molecule has 1 aliphatic rings. The average Bonchev–Trinajstić information content (AvgIpc) is 3.30. The molecule has 3 aromatic rings. The SMILES string of the molecule is CC.CC1=[C-]C(C)([Si](C)C)C(C)=C1.CCc1cc2c(-c3ccccc3)cccc2[cH-]1.[Cl-].[Cl-].[Zr+4]. The van der Waals surface area contributed by atoms with Crippen molar-refractivity contribution in [3.8, 4) is 11.1 Å². The second-order valence-electron chi connectivity index (χ2n) is 8.15. The van der Waals surface area contributed by atoms with E-state index in [-0.39, 0.29) is 59.8 Å². The molecule has 0 aliphatic heterocycles. The maximum atomic E-state index is 3.55. The zero-order valence-corrected chi connectivity index (χ0v) is 26.3. The molecule has 4 rings (SSSR count). The van der Waals surface area contributed by atoms with Crippen molar-refractivity contribution >= 4 is 19.6 Å². The summed E-state index contributed by atoms with van der Waals surface area (Å²) in [5, 5.41) is 3.02. The Balaban J connectivity index is 0. The van der Waals surface area contributed by atoms with Crippen molar-refractivity contribution < 1.29 is 51.0 Å². The maximum Gasteiger partial charge on any atom is 4.00 e. The minimum Gasteiger partial charge on any atom is -1.00 e. The van der Waals surface area contributed by atoms with Crippen LogP contribution in [0.25, 0.3) is 21.9 Å². The Morgan fingerprint density at radius 2 is 1.55 bits per heavy atom. The molecule has 0 nitrogen and oxygen atoms in total. The number of hydrogen-bond donors (Lipinski definition) is 0. The third kappa shape index (κ3) is 8.43. The van der Waals surface area contributed by atoms with Crippen LogP contribution in [0.1, 0.15) is 47.1 Å². The third-order valence-electron chi connectivity index (χ3n) is 5.97. The van der Waals surface area contributed by atoms with E-state index in [1.807, 2.05) is 13.8 Å². The molecule has 0 bridgehead atoms. The van der Waals surface area contributed by atoms with Gasteiger partial charge >= 0.3 is 26.2 Å². The summed E-state index contributed by atoms with van der Waals surface area (Å²) in [6.07, 6.45) is 6.91. The standard InChI is InChI=1S/C17H15.C10H16Si.C2H6.2ClH.Zr/c1-2-13-11-15-9-6-10-16(17(15)12-13)14-7-4-3-5-8-14;1-8-6-9(2)10(3,7-8)11(4)5;1-2;;;/h3-12H,2H2,1H3;6H,1-5H3;1-2H3;2*1H;/q2*-1;;;;+4/p-2. The van der Waals surface area contributed by atoms with E-state index in [1.54, 1.807) is 0 Å². The van der Waals surface area contributed by atoms with E-state index < -0.39 is 0 Å². The molecule has 0 spiro atoms. The van der Waals surface area contributed by atoms with Crippen LogP contribution in [0.5, 0.6) is 0 Å². The zero-order chi connectivity index (χ0) is 22.3. The largest absolute Gasteiger partial charge is 4.00 e. The average molecular weight is 576 g/mol. The van der Waals surface area contributed by atoms with Crippen molar-refractivity contribution in [1.29, 1.82) is 0 Å². The number of halogens is 2. The molecule has 0 aromatic heterocycles. The van der Waals surface area contributed by atoms with E-state index in [0.29, 0.717) is 5.04 Å². The maximum absolute atomic E-state index is 3.55. The van der Waals surface area contributed by atoms with Gasteiger partial charge in [0.05, 0.1) is 0 Å². The second kappa shape index (κ2) is 16.0. The van der Waals surface area contributed by atoms with Gasteiger partial charge in [0, 0.05) is 8.80 Å². The normalized spacial score (nSPS) is 16.0. The van der Waals surface area contributed by atoms with Gasteiger partial charge in [-0.15, -0.1) is 34.5 Å². The van der Waals surface area contributed by atoms with Crippen molar-refractivity contribution in [3.63, 3.8) is 0 Å². The van der Waals surface area contributed by atoms with Crippen molar-refractivity contribution in [1.82, 2.24) is 0 Å². The van der Waals surface area contributed by atoms with Crippen LogP contribution in [0.15, 0.2) is 77.9 Å². The minimum absolute atomic E-state index is 0. The molecule has 1 radical (unpaired) electrons. The molecule has 0 heterocycles. The fourth-order valence-electron chi connectivity index (χ4n) is 3.89. The van der Waals surface area contributed by atoms with Gasteiger partial charge in [-0.1, -0.05) is 102 Å². The summed E-state index contributed by atoms with van der Waals surface area (Å²) < 4.78 is 0. The smallest absolute Gasteiger partial charge is 1.00 e. The van der Waals surface area contributed by atoms with Crippen LogP contribution < -0.4 is 24.8 Å². The van der Waals surface area contributed by atoms with Crippen LogP contribution in [0.4, 0.5) is 0 Å². The van der Waals surface area contributed by atoms with Crippen molar-refractivity contribution in [3.05, 3.63) is 89.5 Å². The van der Waals surface area contributed by atoms with Gasteiger partial charge in [0.25, 0.3) is 0 Å². The van der Waals surface area contributed by atoms with Gasteiger partial charge in [0.2, 0.25) is 0 Å². The van der Waals surface area contributed by atoms with Gasteiger partial charge in [0.1, 0.15) is 0 Å². The summed E-state index contributed by atoms with van der Waals surface area (Å²) in [5.74, 6) is 0. The van der Waals surface area contributed by atoms with E-state index in [4.69, 9.17) is 0 Å². The summed E-state index contributed by atoms with van der Waals surface area (Å²) in [6, 6.07) is 21.8. The van der Waals surface area contributed by atoms with Crippen LogP contribution in [0.3, 0.4) is 0 Å². The first-order valence-corrected chi connectivity index (χ1v) is 13.7. The monoisotopic (exact) mass is 573 g/mol. The van der Waals surface area contributed by atoms with E-state index in [1.165, 1.54) is 38.6 Å². The molecule has 33 heavy (non-hydrogen) atoms. The molecule has 1 atom stereocenters.